The van der Waals surface area contributed by atoms with Gasteiger partial charge in [-0.15, -0.1) is 0 Å². The van der Waals surface area contributed by atoms with Crippen molar-refractivity contribution >= 4 is 0 Å². The Labute approximate surface area is 70.4 Å². The molecular weight excluding hydrogens is 176 g/mol. The summed E-state index contributed by atoms with van der Waals surface area (Å²) < 4.78 is 25.1. The molecule has 1 aliphatic rings. The summed E-state index contributed by atoms with van der Waals surface area (Å²) in [5.74, 6) is 0. The predicted octanol–water partition coefficient (Wildman–Crippen LogP) is -4.01. The Bertz CT molecular complexity index is 117. The third-order valence-electron chi connectivity index (χ3n) is 1.85. The van der Waals surface area contributed by atoms with Crippen LogP contribution in [-0.2, 0) is 0 Å². The van der Waals surface area contributed by atoms with E-state index in [4.69, 9.17) is 5.11 Å². The maximum atomic E-state index is 12.7. The molecule has 0 bridgehead atoms. The van der Waals surface area contributed by atoms with E-state index in [9.17, 15) is 8.78 Å². The molecule has 3 N–H and O–H groups in total. The van der Waals surface area contributed by atoms with Gasteiger partial charge in [-0.3, -0.25) is 0 Å². The summed E-state index contributed by atoms with van der Waals surface area (Å²) in [6.07, 6.45) is -2.28. The fourth-order valence-electron chi connectivity index (χ4n) is 1.17. The SMILES string of the molecule is OC[C@H]1[NH2+]C[C@@H](F)C[C@H]1F.[Cl-]. The second-order valence-corrected chi connectivity index (χ2v) is 2.67. The van der Waals surface area contributed by atoms with Crippen molar-refractivity contribution in [3.8, 4) is 0 Å². The highest BCUT2D eigenvalue weighted by Gasteiger charge is 2.32. The number of hydrogen-bond donors (Lipinski definition) is 2. The maximum absolute atomic E-state index is 12.7. The smallest absolute Gasteiger partial charge is 0.157 e. The lowest BCUT2D eigenvalue weighted by Crippen LogP contribution is -3.00. The first-order valence-electron chi connectivity index (χ1n) is 3.46. The average Bonchev–Trinajstić information content (AvgIpc) is 1.88. The molecule has 1 fully saturated rings. The number of aliphatic hydroxyl groups excluding tert-OH is 1. The number of alkyl halides is 2. The van der Waals surface area contributed by atoms with Gasteiger partial charge in [0.1, 0.15) is 12.6 Å². The summed E-state index contributed by atoms with van der Waals surface area (Å²) in [6.45, 7) is 0.0829. The fraction of sp³-hybridized carbons (Fsp3) is 1.00. The monoisotopic (exact) mass is 187 g/mol. The van der Waals surface area contributed by atoms with Gasteiger partial charge < -0.3 is 22.8 Å². The first kappa shape index (κ1) is 11.1. The first-order chi connectivity index (χ1) is 4.74. The van der Waals surface area contributed by atoms with Gasteiger partial charge in [0.15, 0.2) is 12.3 Å². The van der Waals surface area contributed by atoms with Gasteiger partial charge in [0, 0.05) is 6.42 Å². The van der Waals surface area contributed by atoms with E-state index in [0.29, 0.717) is 0 Å². The maximum Gasteiger partial charge on any atom is 0.157 e. The minimum absolute atomic E-state index is 0. The van der Waals surface area contributed by atoms with Crippen molar-refractivity contribution in [2.45, 2.75) is 24.8 Å². The van der Waals surface area contributed by atoms with Crippen molar-refractivity contribution in [1.82, 2.24) is 0 Å². The van der Waals surface area contributed by atoms with Crippen LogP contribution >= 0.6 is 0 Å². The molecule has 0 radical (unpaired) electrons. The van der Waals surface area contributed by atoms with Gasteiger partial charge in [0.05, 0.1) is 6.61 Å². The molecule has 68 valence electrons. The summed E-state index contributed by atoms with van der Waals surface area (Å²) in [5.41, 5.74) is 0. The van der Waals surface area contributed by atoms with Crippen LogP contribution in [0.25, 0.3) is 0 Å². The summed E-state index contributed by atoms with van der Waals surface area (Å²) >= 11 is 0. The topological polar surface area (TPSA) is 36.8 Å². The van der Waals surface area contributed by atoms with Crippen LogP contribution in [0.4, 0.5) is 8.78 Å². The van der Waals surface area contributed by atoms with E-state index in [0.717, 1.165) is 0 Å². The third kappa shape index (κ3) is 2.89. The average molecular weight is 188 g/mol. The number of quaternary nitrogens is 1. The largest absolute Gasteiger partial charge is 1.00 e. The molecule has 11 heavy (non-hydrogen) atoms. The molecule has 0 spiro atoms. The number of halogens is 3. The molecule has 0 saturated carbocycles. The van der Waals surface area contributed by atoms with E-state index < -0.39 is 18.4 Å². The molecule has 5 heteroatoms. The molecule has 0 aromatic carbocycles. The molecule has 0 aliphatic carbocycles. The van der Waals surface area contributed by atoms with Crippen LogP contribution in [0, 0.1) is 0 Å². The zero-order valence-electron chi connectivity index (χ0n) is 6.01. The number of rotatable bonds is 1. The van der Waals surface area contributed by atoms with E-state index in [1.165, 1.54) is 5.32 Å². The molecule has 1 saturated heterocycles. The van der Waals surface area contributed by atoms with E-state index in [1.54, 1.807) is 0 Å². The second-order valence-electron chi connectivity index (χ2n) is 2.67. The number of piperidine rings is 1. The standard InChI is InChI=1S/C6H11F2NO.ClH/c7-4-1-5(8)6(3-10)9-2-4;/h4-6,9-10H,1-3H2;1H/t4-,5+,6+;/m0./s1. The lowest BCUT2D eigenvalue weighted by molar-refractivity contribution is -0.709. The van der Waals surface area contributed by atoms with Gasteiger partial charge in [-0.25, -0.2) is 8.78 Å². The zero-order chi connectivity index (χ0) is 7.56. The van der Waals surface area contributed by atoms with Gasteiger partial charge in [0.25, 0.3) is 0 Å². The Morgan fingerprint density at radius 3 is 2.55 bits per heavy atom. The molecule has 0 amide bonds. The fourth-order valence-corrected chi connectivity index (χ4v) is 1.17. The van der Waals surface area contributed by atoms with Crippen LogP contribution in [-0.4, -0.2) is 36.6 Å². The summed E-state index contributed by atoms with van der Waals surface area (Å²) in [5, 5.41) is 10.1. The van der Waals surface area contributed by atoms with Crippen LogP contribution in [0.15, 0.2) is 0 Å². The Morgan fingerprint density at radius 1 is 1.45 bits per heavy atom. The molecule has 0 aromatic heterocycles. The molecule has 3 atom stereocenters. The van der Waals surface area contributed by atoms with E-state index in [1.807, 2.05) is 0 Å². The molecule has 2 nitrogen and oxygen atoms in total. The van der Waals surface area contributed by atoms with Crippen molar-refractivity contribution in [2.24, 2.45) is 0 Å². The van der Waals surface area contributed by atoms with Crippen molar-refractivity contribution in [3.05, 3.63) is 0 Å². The highest BCUT2D eigenvalue weighted by Crippen LogP contribution is 2.10. The molecule has 1 rings (SSSR count). The van der Waals surface area contributed by atoms with Crippen molar-refractivity contribution < 1.29 is 31.6 Å². The Hall–Kier alpha value is 0.0700. The molecule has 1 aliphatic heterocycles. The molecule has 0 aromatic rings. The predicted molar refractivity (Wildman–Crippen MR) is 32.1 cm³/mol. The van der Waals surface area contributed by atoms with Crippen LogP contribution < -0.4 is 17.7 Å². The van der Waals surface area contributed by atoms with Gasteiger partial charge in [-0.2, -0.15) is 0 Å². The molecule has 1 heterocycles. The third-order valence-corrected chi connectivity index (χ3v) is 1.85. The van der Waals surface area contributed by atoms with Crippen molar-refractivity contribution in [3.63, 3.8) is 0 Å². The Morgan fingerprint density at radius 2 is 2.09 bits per heavy atom. The minimum atomic E-state index is -1.19. The van der Waals surface area contributed by atoms with Gasteiger partial charge in [-0.1, -0.05) is 0 Å². The molecular formula is C6H12ClF2NO. The Balaban J connectivity index is 0.000001000. The van der Waals surface area contributed by atoms with Crippen LogP contribution in [0.2, 0.25) is 0 Å². The van der Waals surface area contributed by atoms with Crippen LogP contribution in [0.5, 0.6) is 0 Å². The molecule has 0 unspecified atom stereocenters. The van der Waals surface area contributed by atoms with E-state index in [2.05, 4.69) is 0 Å². The highest BCUT2D eigenvalue weighted by molar-refractivity contribution is 4.74. The number of nitrogens with two attached hydrogens (primary N) is 1. The van der Waals surface area contributed by atoms with E-state index in [-0.39, 0.29) is 32.0 Å². The lowest BCUT2D eigenvalue weighted by atomic mass is 10.0. The lowest BCUT2D eigenvalue weighted by Gasteiger charge is -2.24. The van der Waals surface area contributed by atoms with Gasteiger partial charge >= 0.3 is 0 Å². The summed E-state index contributed by atoms with van der Waals surface area (Å²) in [7, 11) is 0. The van der Waals surface area contributed by atoms with E-state index >= 15 is 0 Å². The van der Waals surface area contributed by atoms with Gasteiger partial charge in [-0.05, 0) is 0 Å². The van der Waals surface area contributed by atoms with Crippen molar-refractivity contribution in [2.75, 3.05) is 13.2 Å². The Kier molecular flexibility index (Phi) is 4.88. The van der Waals surface area contributed by atoms with Gasteiger partial charge in [0.2, 0.25) is 0 Å². The zero-order valence-corrected chi connectivity index (χ0v) is 6.77. The quantitative estimate of drug-likeness (QED) is 0.432. The summed E-state index contributed by atoms with van der Waals surface area (Å²) in [6, 6.07) is -0.438. The second kappa shape index (κ2) is 4.85. The van der Waals surface area contributed by atoms with Crippen LogP contribution in [0.1, 0.15) is 6.42 Å². The highest BCUT2D eigenvalue weighted by atomic mass is 35.5. The number of aliphatic hydroxyl groups is 1. The summed E-state index contributed by atoms with van der Waals surface area (Å²) in [4.78, 5) is 0. The van der Waals surface area contributed by atoms with Crippen LogP contribution in [0.3, 0.4) is 0 Å². The number of hydrogen-bond acceptors (Lipinski definition) is 1. The minimum Gasteiger partial charge on any atom is -1.00 e. The normalized spacial score (nSPS) is 37.9. The first-order valence-corrected chi connectivity index (χ1v) is 3.46. The van der Waals surface area contributed by atoms with Crippen molar-refractivity contribution in [1.29, 1.82) is 0 Å².